The molecule has 0 saturated carbocycles. The standard InChI is InChI=1S/C25H25ClN6O.CH4/c1-15-21(26)19(6-9-28-15)33-24-22-18(13-30-24)31-20(14-29-22)32-10-7-25(8-11-32)12-16-4-2-3-5-17(16)23(25)27;/h2-6,9,14,23H,7-8,10-13,27H2,1H3;1H4/t23-;/m1./s1. The van der Waals surface area contributed by atoms with Crippen molar-refractivity contribution in [1.82, 2.24) is 15.0 Å². The predicted molar refractivity (Wildman–Crippen MR) is 135 cm³/mol. The van der Waals surface area contributed by atoms with Crippen LogP contribution >= 0.6 is 11.6 Å². The summed E-state index contributed by atoms with van der Waals surface area (Å²) in [7, 11) is 0. The molecule has 1 saturated heterocycles. The largest absolute Gasteiger partial charge is 0.435 e. The number of aromatic nitrogens is 3. The lowest BCUT2D eigenvalue weighted by Crippen LogP contribution is -2.44. The Morgan fingerprint density at radius 1 is 1.15 bits per heavy atom. The van der Waals surface area contributed by atoms with E-state index in [0.29, 0.717) is 34.6 Å². The van der Waals surface area contributed by atoms with E-state index in [1.165, 1.54) is 11.1 Å². The first kappa shape index (κ1) is 22.7. The summed E-state index contributed by atoms with van der Waals surface area (Å²) in [5, 5.41) is 0.479. The van der Waals surface area contributed by atoms with Crippen LogP contribution in [0.2, 0.25) is 5.02 Å². The number of aryl methyl sites for hydroxylation is 1. The maximum Gasteiger partial charge on any atom is 0.243 e. The van der Waals surface area contributed by atoms with Crippen molar-refractivity contribution in [3.8, 4) is 5.75 Å². The summed E-state index contributed by atoms with van der Waals surface area (Å²) < 4.78 is 5.95. The van der Waals surface area contributed by atoms with E-state index < -0.39 is 0 Å². The Labute approximate surface area is 205 Å². The number of halogens is 1. The quantitative estimate of drug-likeness (QED) is 0.579. The fourth-order valence-corrected chi connectivity index (χ4v) is 5.51. The van der Waals surface area contributed by atoms with Crippen molar-refractivity contribution >= 4 is 23.3 Å². The minimum absolute atomic E-state index is 0. The minimum atomic E-state index is 0. The summed E-state index contributed by atoms with van der Waals surface area (Å²) >= 11 is 6.32. The van der Waals surface area contributed by atoms with Gasteiger partial charge in [-0.3, -0.25) is 4.98 Å². The highest BCUT2D eigenvalue weighted by Gasteiger charge is 2.46. The molecule has 0 radical (unpaired) electrons. The van der Waals surface area contributed by atoms with Crippen LogP contribution in [0.1, 0.15) is 54.5 Å². The number of pyridine rings is 1. The van der Waals surface area contributed by atoms with Crippen molar-refractivity contribution in [2.24, 2.45) is 16.1 Å². The summed E-state index contributed by atoms with van der Waals surface area (Å²) in [6.07, 6.45) is 6.65. The molecule has 3 aliphatic rings. The second kappa shape index (κ2) is 8.64. The van der Waals surface area contributed by atoms with Crippen molar-refractivity contribution < 1.29 is 4.74 Å². The van der Waals surface area contributed by atoms with Gasteiger partial charge in [-0.25, -0.2) is 15.0 Å². The van der Waals surface area contributed by atoms with Crippen LogP contribution in [-0.2, 0) is 13.0 Å². The Hall–Kier alpha value is -3.03. The molecule has 34 heavy (non-hydrogen) atoms. The van der Waals surface area contributed by atoms with E-state index in [4.69, 9.17) is 27.1 Å². The van der Waals surface area contributed by atoms with Crippen LogP contribution in [0.3, 0.4) is 0 Å². The molecule has 8 heteroatoms. The summed E-state index contributed by atoms with van der Waals surface area (Å²) in [4.78, 5) is 20.5. The van der Waals surface area contributed by atoms with E-state index in [1.54, 1.807) is 12.3 Å². The molecular weight excluding hydrogens is 448 g/mol. The van der Waals surface area contributed by atoms with E-state index in [2.05, 4.69) is 44.1 Å². The van der Waals surface area contributed by atoms with Crippen molar-refractivity contribution in [2.45, 2.75) is 46.2 Å². The Kier molecular flexibility index (Phi) is 5.78. The third-order valence-electron chi connectivity index (χ3n) is 7.32. The molecule has 2 N–H and O–H groups in total. The molecule has 7 nitrogen and oxygen atoms in total. The van der Waals surface area contributed by atoms with E-state index in [0.717, 1.165) is 43.9 Å². The van der Waals surface area contributed by atoms with Gasteiger partial charge in [0.15, 0.2) is 5.75 Å². The fraction of sp³-hybridized carbons (Fsp3) is 0.385. The van der Waals surface area contributed by atoms with Crippen molar-refractivity contribution in [3.05, 3.63) is 76.0 Å². The molecule has 1 aliphatic carbocycles. The molecule has 176 valence electrons. The van der Waals surface area contributed by atoms with Crippen molar-refractivity contribution in [2.75, 3.05) is 18.0 Å². The number of ether oxygens (including phenoxy) is 1. The minimum Gasteiger partial charge on any atom is -0.435 e. The topological polar surface area (TPSA) is 89.5 Å². The van der Waals surface area contributed by atoms with Gasteiger partial charge in [0, 0.05) is 31.4 Å². The molecule has 3 aromatic rings. The molecule has 1 atom stereocenters. The van der Waals surface area contributed by atoms with Gasteiger partial charge in [-0.1, -0.05) is 43.3 Å². The third kappa shape index (κ3) is 3.63. The number of fused-ring (bicyclic) bond motifs is 2. The highest BCUT2D eigenvalue weighted by atomic mass is 35.5. The Morgan fingerprint density at radius 3 is 2.74 bits per heavy atom. The number of nitrogens with two attached hydrogens (primary N) is 1. The lowest BCUT2D eigenvalue weighted by Gasteiger charge is -2.42. The number of hydrogen-bond acceptors (Lipinski definition) is 7. The summed E-state index contributed by atoms with van der Waals surface area (Å²) in [6.45, 7) is 4.13. The maximum atomic E-state index is 6.72. The van der Waals surface area contributed by atoms with E-state index in [9.17, 15) is 0 Å². The summed E-state index contributed by atoms with van der Waals surface area (Å²) in [5.74, 6) is 1.86. The number of hydrogen-bond donors (Lipinski definition) is 1. The van der Waals surface area contributed by atoms with Gasteiger partial charge in [-0.05, 0) is 42.7 Å². The molecule has 4 heterocycles. The van der Waals surface area contributed by atoms with Crippen molar-refractivity contribution in [1.29, 1.82) is 0 Å². The molecular formula is C26H29ClN6O. The molecule has 1 spiro atoms. The number of piperidine rings is 1. The van der Waals surface area contributed by atoms with Crippen LogP contribution in [0.4, 0.5) is 5.82 Å². The van der Waals surface area contributed by atoms with E-state index in [-0.39, 0.29) is 18.9 Å². The van der Waals surface area contributed by atoms with E-state index in [1.807, 2.05) is 13.1 Å². The Bertz CT molecular complexity index is 1270. The molecule has 0 amide bonds. The van der Waals surface area contributed by atoms with Crippen LogP contribution < -0.4 is 15.4 Å². The van der Waals surface area contributed by atoms with Crippen LogP contribution in [0.5, 0.6) is 5.75 Å². The summed E-state index contributed by atoms with van der Waals surface area (Å²) in [6, 6.07) is 10.5. The number of anilines is 1. The van der Waals surface area contributed by atoms with Crippen LogP contribution in [0.25, 0.3) is 0 Å². The Balaban J connectivity index is 0.00000241. The number of benzene rings is 1. The van der Waals surface area contributed by atoms with Gasteiger partial charge in [0.1, 0.15) is 16.5 Å². The monoisotopic (exact) mass is 476 g/mol. The second-order valence-corrected chi connectivity index (χ2v) is 9.54. The smallest absolute Gasteiger partial charge is 0.243 e. The van der Waals surface area contributed by atoms with E-state index >= 15 is 0 Å². The Morgan fingerprint density at radius 2 is 1.94 bits per heavy atom. The molecule has 1 aromatic carbocycles. The molecule has 2 aromatic heterocycles. The van der Waals surface area contributed by atoms with Crippen LogP contribution in [-0.4, -0.2) is 33.9 Å². The number of aliphatic imine (C=N–C) groups is 1. The lowest BCUT2D eigenvalue weighted by molar-refractivity contribution is 0.187. The average molecular weight is 477 g/mol. The van der Waals surface area contributed by atoms with Gasteiger partial charge in [0.25, 0.3) is 0 Å². The highest BCUT2D eigenvalue weighted by Crippen LogP contribution is 2.50. The molecule has 6 rings (SSSR count). The third-order valence-corrected chi connectivity index (χ3v) is 7.78. The summed E-state index contributed by atoms with van der Waals surface area (Å²) in [5.41, 5.74) is 11.8. The lowest BCUT2D eigenvalue weighted by atomic mass is 9.73. The zero-order valence-electron chi connectivity index (χ0n) is 18.5. The van der Waals surface area contributed by atoms with Gasteiger partial charge in [0.2, 0.25) is 5.90 Å². The van der Waals surface area contributed by atoms with Gasteiger partial charge in [0.05, 0.1) is 24.1 Å². The van der Waals surface area contributed by atoms with Gasteiger partial charge < -0.3 is 15.4 Å². The average Bonchev–Trinajstić information content (AvgIpc) is 3.36. The van der Waals surface area contributed by atoms with Gasteiger partial charge in [-0.15, -0.1) is 0 Å². The van der Waals surface area contributed by atoms with Crippen molar-refractivity contribution in [3.63, 3.8) is 0 Å². The van der Waals surface area contributed by atoms with Gasteiger partial charge in [-0.2, -0.15) is 0 Å². The second-order valence-electron chi connectivity index (χ2n) is 9.16. The SMILES string of the molecule is C.Cc1nccc(OC2=NCc3nc(N4CCC5(CC4)Cc4ccccc4[C@H]5N)cnc32)c1Cl. The fourth-order valence-electron chi connectivity index (χ4n) is 5.35. The number of nitrogens with zero attached hydrogens (tertiary/aromatic N) is 5. The zero-order chi connectivity index (χ0) is 22.6. The first-order valence-electron chi connectivity index (χ1n) is 11.3. The predicted octanol–water partition coefficient (Wildman–Crippen LogP) is 4.65. The van der Waals surface area contributed by atoms with Gasteiger partial charge >= 0.3 is 0 Å². The molecule has 0 bridgehead atoms. The number of rotatable bonds is 2. The van der Waals surface area contributed by atoms with Crippen LogP contribution in [0, 0.1) is 12.3 Å². The normalized spacial score (nSPS) is 19.9. The molecule has 2 aliphatic heterocycles. The van der Waals surface area contributed by atoms with Crippen LogP contribution in [0.15, 0.2) is 47.7 Å². The first-order chi connectivity index (χ1) is 16.0. The highest BCUT2D eigenvalue weighted by molar-refractivity contribution is 6.32. The molecule has 1 fully saturated rings. The molecule has 0 unspecified atom stereocenters. The zero-order valence-corrected chi connectivity index (χ0v) is 19.2. The first-order valence-corrected chi connectivity index (χ1v) is 11.7. The maximum absolute atomic E-state index is 6.72.